The van der Waals surface area contributed by atoms with Crippen LogP contribution < -0.4 is 10.7 Å². The zero-order valence-corrected chi connectivity index (χ0v) is 13.6. The number of benzene rings is 1. The third-order valence-electron chi connectivity index (χ3n) is 2.67. The largest absolute Gasteiger partial charge is 0.343 e. The van der Waals surface area contributed by atoms with Crippen molar-refractivity contribution in [1.29, 1.82) is 0 Å². The molecule has 1 aromatic carbocycles. The number of halogens is 1. The quantitative estimate of drug-likeness (QED) is 0.463. The van der Waals surface area contributed by atoms with Crippen LogP contribution in [-0.2, 0) is 4.79 Å². The molecule has 2 amide bonds. The summed E-state index contributed by atoms with van der Waals surface area (Å²) in [6, 6.07) is 9.17. The van der Waals surface area contributed by atoms with E-state index in [-0.39, 0.29) is 11.5 Å². The Bertz CT molecular complexity index is 806. The number of hydrazone groups is 1. The van der Waals surface area contributed by atoms with E-state index in [4.69, 9.17) is 11.6 Å². The van der Waals surface area contributed by atoms with Crippen molar-refractivity contribution in [3.8, 4) is 0 Å². The second-order valence-electron chi connectivity index (χ2n) is 4.42. The number of carbonyl (C=O) groups excluding carboxylic acids is 2. The van der Waals surface area contributed by atoms with Crippen LogP contribution in [0.2, 0.25) is 5.02 Å². The molecule has 0 saturated heterocycles. The summed E-state index contributed by atoms with van der Waals surface area (Å²) in [5.41, 5.74) is 2.55. The summed E-state index contributed by atoms with van der Waals surface area (Å²) in [4.78, 5) is 33.9. The van der Waals surface area contributed by atoms with E-state index in [1.807, 2.05) is 0 Å². The third-order valence-corrected chi connectivity index (χ3v) is 3.88. The standard InChI is InChI=1S/C14H11ClN4O4S/c15-10-3-1-2-9(6-10)14(21)16-8-12(20)18-17-7-11-4-5-13(24-11)19(22)23/h1-7H,8H2,(H,16,21)(H,18,20)/b17-7+. The van der Waals surface area contributed by atoms with E-state index in [1.54, 1.807) is 18.2 Å². The van der Waals surface area contributed by atoms with Crippen LogP contribution in [-0.4, -0.2) is 29.5 Å². The maximum absolute atomic E-state index is 11.8. The molecule has 8 nitrogen and oxygen atoms in total. The van der Waals surface area contributed by atoms with Crippen LogP contribution in [0, 0.1) is 10.1 Å². The molecule has 0 atom stereocenters. The smallest absolute Gasteiger partial charge is 0.324 e. The van der Waals surface area contributed by atoms with E-state index >= 15 is 0 Å². The van der Waals surface area contributed by atoms with E-state index in [9.17, 15) is 19.7 Å². The van der Waals surface area contributed by atoms with Gasteiger partial charge in [-0.1, -0.05) is 29.0 Å². The summed E-state index contributed by atoms with van der Waals surface area (Å²) in [5, 5.41) is 17.0. The SMILES string of the molecule is O=C(CNC(=O)c1cccc(Cl)c1)N/N=C/c1ccc([N+](=O)[O-])s1. The first-order chi connectivity index (χ1) is 11.5. The Morgan fingerprint density at radius 3 is 2.79 bits per heavy atom. The third kappa shape index (κ3) is 5.14. The average Bonchev–Trinajstić information content (AvgIpc) is 3.02. The van der Waals surface area contributed by atoms with Crippen LogP contribution in [0.5, 0.6) is 0 Å². The molecule has 10 heteroatoms. The molecule has 24 heavy (non-hydrogen) atoms. The summed E-state index contributed by atoms with van der Waals surface area (Å²) >= 11 is 6.71. The van der Waals surface area contributed by atoms with E-state index in [0.29, 0.717) is 15.5 Å². The van der Waals surface area contributed by atoms with Gasteiger partial charge in [-0.05, 0) is 24.3 Å². The van der Waals surface area contributed by atoms with Crippen molar-refractivity contribution in [3.63, 3.8) is 0 Å². The monoisotopic (exact) mass is 366 g/mol. The lowest BCUT2D eigenvalue weighted by atomic mass is 10.2. The van der Waals surface area contributed by atoms with Gasteiger partial charge in [0.1, 0.15) is 0 Å². The van der Waals surface area contributed by atoms with Crippen molar-refractivity contribution < 1.29 is 14.5 Å². The first kappa shape index (κ1) is 17.6. The van der Waals surface area contributed by atoms with Crippen molar-refractivity contribution in [2.45, 2.75) is 0 Å². The molecule has 1 aromatic heterocycles. The fourth-order valence-electron chi connectivity index (χ4n) is 1.61. The fourth-order valence-corrected chi connectivity index (χ4v) is 2.49. The topological polar surface area (TPSA) is 114 Å². The molecule has 2 aromatic rings. The van der Waals surface area contributed by atoms with Crippen molar-refractivity contribution in [2.75, 3.05) is 6.54 Å². The van der Waals surface area contributed by atoms with Gasteiger partial charge in [0.05, 0.1) is 22.6 Å². The van der Waals surface area contributed by atoms with Crippen LogP contribution >= 0.6 is 22.9 Å². The van der Waals surface area contributed by atoms with Crippen LogP contribution in [0.1, 0.15) is 15.2 Å². The van der Waals surface area contributed by atoms with E-state index in [0.717, 1.165) is 11.3 Å². The molecule has 0 unspecified atom stereocenters. The number of hydrogen-bond donors (Lipinski definition) is 2. The fraction of sp³-hybridized carbons (Fsp3) is 0.0714. The number of amides is 2. The Kier molecular flexibility index (Phi) is 5.99. The zero-order chi connectivity index (χ0) is 17.5. The van der Waals surface area contributed by atoms with Gasteiger partial charge in [0.2, 0.25) is 0 Å². The van der Waals surface area contributed by atoms with Crippen molar-refractivity contribution in [1.82, 2.24) is 10.7 Å². The number of nitrogens with one attached hydrogen (secondary N) is 2. The number of nitro groups is 1. The van der Waals surface area contributed by atoms with Gasteiger partial charge in [0.15, 0.2) is 0 Å². The maximum Gasteiger partial charge on any atom is 0.324 e. The molecule has 0 saturated carbocycles. The second kappa shape index (κ2) is 8.18. The predicted molar refractivity (Wildman–Crippen MR) is 90.5 cm³/mol. The maximum atomic E-state index is 11.8. The molecule has 124 valence electrons. The van der Waals surface area contributed by atoms with Crippen molar-refractivity contribution in [3.05, 3.63) is 62.0 Å². The molecule has 0 bridgehead atoms. The normalized spacial score (nSPS) is 10.5. The van der Waals surface area contributed by atoms with Crippen molar-refractivity contribution >= 4 is 46.0 Å². The van der Waals surface area contributed by atoms with Gasteiger partial charge in [0, 0.05) is 16.7 Å². The minimum atomic E-state index is -0.535. The van der Waals surface area contributed by atoms with Crippen molar-refractivity contribution in [2.24, 2.45) is 5.10 Å². The van der Waals surface area contributed by atoms with Crippen LogP contribution in [0.3, 0.4) is 0 Å². The van der Waals surface area contributed by atoms with E-state index < -0.39 is 16.7 Å². The zero-order valence-electron chi connectivity index (χ0n) is 12.1. The molecule has 0 aliphatic heterocycles. The van der Waals surface area contributed by atoms with Crippen LogP contribution in [0.15, 0.2) is 41.5 Å². The number of thiophene rings is 1. The number of rotatable bonds is 6. The molecule has 0 spiro atoms. The molecule has 0 aliphatic rings. The van der Waals surface area contributed by atoms with Crippen LogP contribution in [0.4, 0.5) is 5.00 Å². The Balaban J connectivity index is 1.79. The highest BCUT2D eigenvalue weighted by Crippen LogP contribution is 2.22. The highest BCUT2D eigenvalue weighted by Gasteiger charge is 2.09. The lowest BCUT2D eigenvalue weighted by Crippen LogP contribution is -2.34. The summed E-state index contributed by atoms with van der Waals surface area (Å²) in [6.45, 7) is -0.271. The highest BCUT2D eigenvalue weighted by atomic mass is 35.5. The number of hydrogen-bond acceptors (Lipinski definition) is 6. The Labute approximate surface area is 145 Å². The Morgan fingerprint density at radius 2 is 2.12 bits per heavy atom. The van der Waals surface area contributed by atoms with E-state index in [1.165, 1.54) is 24.4 Å². The van der Waals surface area contributed by atoms with Gasteiger partial charge in [-0.3, -0.25) is 19.7 Å². The molecule has 2 rings (SSSR count). The molecule has 1 heterocycles. The summed E-state index contributed by atoms with van der Waals surface area (Å²) in [7, 11) is 0. The molecule has 0 radical (unpaired) electrons. The van der Waals surface area contributed by atoms with Gasteiger partial charge in [-0.2, -0.15) is 5.10 Å². The van der Waals surface area contributed by atoms with Gasteiger partial charge < -0.3 is 5.32 Å². The highest BCUT2D eigenvalue weighted by molar-refractivity contribution is 7.16. The first-order valence-electron chi connectivity index (χ1n) is 6.55. The van der Waals surface area contributed by atoms with Crippen LogP contribution in [0.25, 0.3) is 0 Å². The molecular formula is C14H11ClN4O4S. The summed E-state index contributed by atoms with van der Waals surface area (Å²) in [5.74, 6) is -0.974. The first-order valence-corrected chi connectivity index (χ1v) is 7.75. The molecule has 2 N–H and O–H groups in total. The minimum Gasteiger partial charge on any atom is -0.343 e. The molecular weight excluding hydrogens is 356 g/mol. The lowest BCUT2D eigenvalue weighted by Gasteiger charge is -2.04. The lowest BCUT2D eigenvalue weighted by molar-refractivity contribution is -0.380. The van der Waals surface area contributed by atoms with Gasteiger partial charge in [-0.25, -0.2) is 5.43 Å². The molecule has 0 fully saturated rings. The minimum absolute atomic E-state index is 0.0171. The summed E-state index contributed by atoms with van der Waals surface area (Å²) in [6.07, 6.45) is 1.29. The molecule has 0 aliphatic carbocycles. The predicted octanol–water partition coefficient (Wildman–Crippen LogP) is 2.19. The average molecular weight is 367 g/mol. The Hall–Kier alpha value is -2.78. The number of carbonyl (C=O) groups is 2. The summed E-state index contributed by atoms with van der Waals surface area (Å²) < 4.78 is 0. The van der Waals surface area contributed by atoms with E-state index in [2.05, 4.69) is 15.8 Å². The second-order valence-corrected chi connectivity index (χ2v) is 5.95. The van der Waals surface area contributed by atoms with Gasteiger partial charge in [0.25, 0.3) is 11.8 Å². The number of nitrogens with zero attached hydrogens (tertiary/aromatic N) is 2. The Morgan fingerprint density at radius 1 is 1.33 bits per heavy atom. The van der Waals surface area contributed by atoms with Gasteiger partial charge >= 0.3 is 5.00 Å². The van der Waals surface area contributed by atoms with Gasteiger partial charge in [-0.15, -0.1) is 0 Å².